The number of anilines is 1. The summed E-state index contributed by atoms with van der Waals surface area (Å²) < 4.78 is 7.39. The maximum atomic E-state index is 11.3. The van der Waals surface area contributed by atoms with E-state index in [0.717, 1.165) is 28.4 Å². The normalized spacial score (nSPS) is 13.4. The second kappa shape index (κ2) is 4.92. The Kier molecular flexibility index (Phi) is 3.10. The van der Waals surface area contributed by atoms with Crippen LogP contribution >= 0.6 is 0 Å². The molecular formula is C15H17N3O2. The van der Waals surface area contributed by atoms with Crippen LogP contribution in [-0.4, -0.2) is 17.2 Å². The zero-order chi connectivity index (χ0) is 14.1. The predicted molar refractivity (Wildman–Crippen MR) is 77.5 cm³/mol. The highest BCUT2D eigenvalue weighted by Gasteiger charge is 2.15. The van der Waals surface area contributed by atoms with Gasteiger partial charge in [0.15, 0.2) is 6.61 Å². The first kappa shape index (κ1) is 12.6. The molecule has 0 saturated heterocycles. The molecular weight excluding hydrogens is 254 g/mol. The Bertz CT molecular complexity index is 642. The van der Waals surface area contributed by atoms with Crippen LogP contribution in [0, 0.1) is 13.8 Å². The molecule has 104 valence electrons. The number of nitrogens with one attached hydrogen (secondary N) is 2. The minimum atomic E-state index is -0.111. The summed E-state index contributed by atoms with van der Waals surface area (Å²) in [4.78, 5) is 11.3. The van der Waals surface area contributed by atoms with Gasteiger partial charge in [-0.05, 0) is 43.7 Å². The topological polar surface area (TPSA) is 55.3 Å². The van der Waals surface area contributed by atoms with E-state index < -0.39 is 0 Å². The first-order chi connectivity index (χ1) is 9.63. The lowest BCUT2D eigenvalue weighted by Gasteiger charge is -2.19. The molecule has 2 heterocycles. The van der Waals surface area contributed by atoms with Gasteiger partial charge in [-0.3, -0.25) is 9.47 Å². The van der Waals surface area contributed by atoms with Crippen molar-refractivity contribution in [2.24, 2.45) is 0 Å². The summed E-state index contributed by atoms with van der Waals surface area (Å²) in [5.74, 6) is 0.612. The maximum absolute atomic E-state index is 11.3. The number of amides is 1. The number of hydrogen-bond acceptors (Lipinski definition) is 3. The molecule has 0 radical (unpaired) electrons. The van der Waals surface area contributed by atoms with E-state index in [2.05, 4.69) is 41.4 Å². The van der Waals surface area contributed by atoms with Gasteiger partial charge in [-0.25, -0.2) is 0 Å². The van der Waals surface area contributed by atoms with Crippen LogP contribution < -0.4 is 15.5 Å². The van der Waals surface area contributed by atoms with Crippen molar-refractivity contribution in [3.63, 3.8) is 0 Å². The molecule has 0 spiro atoms. The number of rotatable bonds is 3. The van der Waals surface area contributed by atoms with E-state index in [0.29, 0.717) is 6.54 Å². The molecule has 1 aromatic carbocycles. The Morgan fingerprint density at radius 2 is 2.00 bits per heavy atom. The number of hydrogen-bond donors (Lipinski definition) is 2. The van der Waals surface area contributed by atoms with Gasteiger partial charge < -0.3 is 15.5 Å². The molecule has 1 aliphatic heterocycles. The van der Waals surface area contributed by atoms with Crippen LogP contribution in [-0.2, 0) is 11.3 Å². The number of carbonyl (C=O) groups excluding carboxylic acids is 1. The summed E-state index contributed by atoms with van der Waals surface area (Å²) in [5.41, 5.74) is 7.51. The summed E-state index contributed by atoms with van der Waals surface area (Å²) in [5, 5.41) is 2.82. The van der Waals surface area contributed by atoms with E-state index in [1.165, 1.54) is 0 Å². The van der Waals surface area contributed by atoms with Crippen LogP contribution in [0.25, 0.3) is 0 Å². The van der Waals surface area contributed by atoms with Crippen molar-refractivity contribution in [1.82, 2.24) is 4.68 Å². The molecule has 0 atom stereocenters. The summed E-state index contributed by atoms with van der Waals surface area (Å²) in [6.45, 7) is 4.88. The largest absolute Gasteiger partial charge is 0.482 e. The molecule has 0 fully saturated rings. The van der Waals surface area contributed by atoms with Gasteiger partial charge in [-0.1, -0.05) is 6.07 Å². The van der Waals surface area contributed by atoms with Gasteiger partial charge in [-0.2, -0.15) is 0 Å². The third kappa shape index (κ3) is 2.34. The van der Waals surface area contributed by atoms with E-state index in [1.54, 1.807) is 0 Å². The van der Waals surface area contributed by atoms with Gasteiger partial charge in [0.1, 0.15) is 5.75 Å². The van der Waals surface area contributed by atoms with Gasteiger partial charge >= 0.3 is 0 Å². The van der Waals surface area contributed by atoms with Gasteiger partial charge in [0.05, 0.1) is 12.2 Å². The molecule has 2 aromatic rings. The quantitative estimate of drug-likeness (QED) is 0.899. The van der Waals surface area contributed by atoms with Crippen molar-refractivity contribution in [3.8, 4) is 5.75 Å². The smallest absolute Gasteiger partial charge is 0.262 e. The fourth-order valence-electron chi connectivity index (χ4n) is 2.33. The van der Waals surface area contributed by atoms with Gasteiger partial charge in [0.25, 0.3) is 5.91 Å². The van der Waals surface area contributed by atoms with E-state index >= 15 is 0 Å². The average Bonchev–Trinajstić information content (AvgIpc) is 2.75. The van der Waals surface area contributed by atoms with Crippen LogP contribution in [0.2, 0.25) is 0 Å². The van der Waals surface area contributed by atoms with E-state index in [1.807, 2.05) is 18.2 Å². The van der Waals surface area contributed by atoms with Crippen molar-refractivity contribution < 1.29 is 9.53 Å². The minimum Gasteiger partial charge on any atom is -0.482 e. The molecule has 2 N–H and O–H groups in total. The number of aryl methyl sites for hydroxylation is 2. The van der Waals surface area contributed by atoms with Gasteiger partial charge in [0.2, 0.25) is 0 Å². The molecule has 0 aliphatic carbocycles. The third-order valence-electron chi connectivity index (χ3n) is 3.39. The number of benzene rings is 1. The Labute approximate surface area is 117 Å². The van der Waals surface area contributed by atoms with Crippen LogP contribution in [0.15, 0.2) is 30.3 Å². The highest BCUT2D eigenvalue weighted by atomic mass is 16.5. The Balaban J connectivity index is 1.75. The SMILES string of the molecule is Cc1ccc(C)n1NCc1ccc2c(c1)NC(=O)CO2. The van der Waals surface area contributed by atoms with Gasteiger partial charge in [0, 0.05) is 11.4 Å². The van der Waals surface area contributed by atoms with Crippen molar-refractivity contribution in [2.75, 3.05) is 17.3 Å². The van der Waals surface area contributed by atoms with Gasteiger partial charge in [-0.15, -0.1) is 0 Å². The molecule has 0 saturated carbocycles. The standard InChI is InChI=1S/C15H17N3O2/c1-10-3-4-11(2)18(10)16-8-12-5-6-14-13(7-12)17-15(19)9-20-14/h3-7,16H,8-9H2,1-2H3,(H,17,19). The molecule has 0 bridgehead atoms. The summed E-state index contributed by atoms with van der Waals surface area (Å²) in [6, 6.07) is 9.97. The van der Waals surface area contributed by atoms with E-state index in [4.69, 9.17) is 4.74 Å². The van der Waals surface area contributed by atoms with Crippen molar-refractivity contribution >= 4 is 11.6 Å². The molecule has 0 unspecified atom stereocenters. The lowest BCUT2D eigenvalue weighted by molar-refractivity contribution is -0.118. The van der Waals surface area contributed by atoms with Crippen molar-refractivity contribution in [2.45, 2.75) is 20.4 Å². The summed E-state index contributed by atoms with van der Waals surface area (Å²) in [6.07, 6.45) is 0. The highest BCUT2D eigenvalue weighted by molar-refractivity contribution is 5.95. The molecule has 1 aliphatic rings. The number of carbonyl (C=O) groups is 1. The second-order valence-electron chi connectivity index (χ2n) is 4.95. The second-order valence-corrected chi connectivity index (χ2v) is 4.95. The summed E-state index contributed by atoms with van der Waals surface area (Å²) in [7, 11) is 0. The highest BCUT2D eigenvalue weighted by Crippen LogP contribution is 2.28. The number of fused-ring (bicyclic) bond motifs is 1. The first-order valence-electron chi connectivity index (χ1n) is 6.58. The van der Waals surface area contributed by atoms with Crippen LogP contribution in [0.1, 0.15) is 17.0 Å². The zero-order valence-electron chi connectivity index (χ0n) is 11.6. The molecule has 5 heteroatoms. The summed E-state index contributed by atoms with van der Waals surface area (Å²) >= 11 is 0. The fourth-order valence-corrected chi connectivity index (χ4v) is 2.33. The van der Waals surface area contributed by atoms with E-state index in [-0.39, 0.29) is 12.5 Å². The maximum Gasteiger partial charge on any atom is 0.262 e. The molecule has 3 rings (SSSR count). The Morgan fingerprint density at radius 1 is 1.25 bits per heavy atom. The third-order valence-corrected chi connectivity index (χ3v) is 3.39. The van der Waals surface area contributed by atoms with Crippen LogP contribution in [0.3, 0.4) is 0 Å². The lowest BCUT2D eigenvalue weighted by atomic mass is 10.1. The first-order valence-corrected chi connectivity index (χ1v) is 6.58. The Morgan fingerprint density at radius 3 is 2.75 bits per heavy atom. The Hall–Kier alpha value is -2.43. The zero-order valence-corrected chi connectivity index (χ0v) is 11.6. The molecule has 5 nitrogen and oxygen atoms in total. The number of nitrogens with zero attached hydrogens (tertiary/aromatic N) is 1. The van der Waals surface area contributed by atoms with Crippen LogP contribution in [0.5, 0.6) is 5.75 Å². The van der Waals surface area contributed by atoms with E-state index in [9.17, 15) is 4.79 Å². The average molecular weight is 271 g/mol. The number of ether oxygens (including phenoxy) is 1. The molecule has 1 aromatic heterocycles. The lowest BCUT2D eigenvalue weighted by Crippen LogP contribution is -2.25. The fraction of sp³-hybridized carbons (Fsp3) is 0.267. The minimum absolute atomic E-state index is 0.0896. The van der Waals surface area contributed by atoms with Crippen LogP contribution in [0.4, 0.5) is 5.69 Å². The molecule has 1 amide bonds. The van der Waals surface area contributed by atoms with Crippen molar-refractivity contribution in [3.05, 3.63) is 47.3 Å². The molecule has 20 heavy (non-hydrogen) atoms. The monoisotopic (exact) mass is 271 g/mol. The predicted octanol–water partition coefficient (Wildman–Crippen LogP) is 2.18. The number of aromatic nitrogens is 1. The van der Waals surface area contributed by atoms with Crippen molar-refractivity contribution in [1.29, 1.82) is 0 Å².